The molecule has 1 aromatic carbocycles. The molecule has 1 rings (SSSR count). The Kier molecular flexibility index (Phi) is 3.70. The molecule has 1 aromatic rings. The zero-order chi connectivity index (χ0) is 11.4. The van der Waals surface area contributed by atoms with Crippen LogP contribution in [0.5, 0.6) is 5.75 Å². The fourth-order valence-corrected chi connectivity index (χ4v) is 1.05. The van der Waals surface area contributed by atoms with Crippen LogP contribution in [-0.4, -0.2) is 27.2 Å². The molecule has 0 radical (unpaired) electrons. The van der Waals surface area contributed by atoms with Gasteiger partial charge < -0.3 is 15.5 Å². The smallest absolute Gasteiger partial charge is 0.271 e. The zero-order valence-corrected chi connectivity index (χ0v) is 8.31. The topological polar surface area (TPSA) is 95.6 Å². The molecule has 0 saturated carbocycles. The number of non-ortho nitro benzene ring substituents is 1. The van der Waals surface area contributed by atoms with Gasteiger partial charge in [0.15, 0.2) is 0 Å². The summed E-state index contributed by atoms with van der Waals surface area (Å²) in [6.07, 6.45) is -1.07. The molecular weight excluding hydrogens is 224 g/mol. The van der Waals surface area contributed by atoms with Gasteiger partial charge in [-0.1, -0.05) is 0 Å². The van der Waals surface area contributed by atoms with Crippen LogP contribution in [0.2, 0.25) is 0 Å². The fourth-order valence-electron chi connectivity index (χ4n) is 0.971. The summed E-state index contributed by atoms with van der Waals surface area (Å²) < 4.78 is 0. The van der Waals surface area contributed by atoms with E-state index in [-0.39, 0.29) is 23.0 Å². The number of aliphatic hydroxyl groups is 1. The van der Waals surface area contributed by atoms with E-state index >= 15 is 0 Å². The molecule has 6 nitrogen and oxygen atoms in total. The minimum Gasteiger partial charge on any atom is -0.506 e. The number of nitro groups is 1. The molecule has 0 aliphatic carbocycles. The number of nitrogens with zero attached hydrogens (tertiary/aromatic N) is 1. The second-order valence-electron chi connectivity index (χ2n) is 2.77. The van der Waals surface area contributed by atoms with Crippen molar-refractivity contribution in [1.29, 1.82) is 0 Å². The zero-order valence-electron chi connectivity index (χ0n) is 7.55. The first kappa shape index (κ1) is 11.5. The number of aliphatic hydroxyl groups excluding tert-OH is 1. The van der Waals surface area contributed by atoms with Crippen molar-refractivity contribution in [2.45, 2.75) is 6.23 Å². The summed E-state index contributed by atoms with van der Waals surface area (Å²) in [5.41, 5.74) is -0.116. The van der Waals surface area contributed by atoms with Gasteiger partial charge >= 0.3 is 0 Å². The maximum Gasteiger partial charge on any atom is 0.271 e. The van der Waals surface area contributed by atoms with E-state index in [0.717, 1.165) is 12.1 Å². The van der Waals surface area contributed by atoms with Crippen molar-refractivity contribution >= 4 is 23.0 Å². The van der Waals surface area contributed by atoms with Gasteiger partial charge in [0.2, 0.25) is 0 Å². The minimum absolute atomic E-state index is 0.0670. The minimum atomic E-state index is -1.07. The summed E-state index contributed by atoms with van der Waals surface area (Å²) in [5, 5.41) is 31.3. The van der Waals surface area contributed by atoms with Crippen LogP contribution < -0.4 is 5.32 Å². The fraction of sp³-hybridized carbons (Fsp3) is 0.250. The molecule has 0 spiro atoms. The number of anilines is 1. The van der Waals surface area contributed by atoms with E-state index in [2.05, 4.69) is 5.32 Å². The molecule has 0 aliphatic heterocycles. The Morgan fingerprint density at radius 1 is 1.60 bits per heavy atom. The number of aromatic hydroxyl groups is 1. The molecule has 0 aromatic heterocycles. The highest BCUT2D eigenvalue weighted by Crippen LogP contribution is 2.28. The van der Waals surface area contributed by atoms with Crippen LogP contribution >= 0.6 is 11.6 Å². The monoisotopic (exact) mass is 232 g/mol. The molecule has 1 atom stereocenters. The lowest BCUT2D eigenvalue weighted by Crippen LogP contribution is -2.20. The van der Waals surface area contributed by atoms with Crippen LogP contribution in [-0.2, 0) is 0 Å². The largest absolute Gasteiger partial charge is 0.506 e. The Bertz CT molecular complexity index is 372. The molecule has 0 bridgehead atoms. The third-order valence-corrected chi connectivity index (χ3v) is 1.95. The van der Waals surface area contributed by atoms with Crippen molar-refractivity contribution in [2.24, 2.45) is 0 Å². The van der Waals surface area contributed by atoms with E-state index in [1.54, 1.807) is 0 Å². The summed E-state index contributed by atoms with van der Waals surface area (Å²) in [6.45, 7) is 0. The molecule has 0 fully saturated rings. The summed E-state index contributed by atoms with van der Waals surface area (Å²) >= 11 is 5.33. The molecule has 0 saturated heterocycles. The number of nitrogens with one attached hydrogen (secondary N) is 1. The van der Waals surface area contributed by atoms with Gasteiger partial charge in [0.05, 0.1) is 16.5 Å². The molecule has 3 N–H and O–H groups in total. The molecule has 0 amide bonds. The second-order valence-corrected chi connectivity index (χ2v) is 3.08. The normalized spacial score (nSPS) is 12.1. The maximum absolute atomic E-state index is 10.4. The van der Waals surface area contributed by atoms with Crippen LogP contribution in [0.1, 0.15) is 0 Å². The highest BCUT2D eigenvalue weighted by Gasteiger charge is 2.12. The van der Waals surface area contributed by atoms with E-state index in [1.165, 1.54) is 6.07 Å². The van der Waals surface area contributed by atoms with Gasteiger partial charge in [0.1, 0.15) is 12.0 Å². The molecule has 1 unspecified atom stereocenters. The number of alkyl halides is 1. The second kappa shape index (κ2) is 4.81. The first-order valence-corrected chi connectivity index (χ1v) is 4.56. The van der Waals surface area contributed by atoms with E-state index in [9.17, 15) is 15.2 Å². The number of phenolic OH excluding ortho intramolecular Hbond substituents is 1. The van der Waals surface area contributed by atoms with Crippen molar-refractivity contribution in [3.63, 3.8) is 0 Å². The molecule has 82 valence electrons. The molecule has 7 heteroatoms. The van der Waals surface area contributed by atoms with Crippen LogP contribution in [0, 0.1) is 10.1 Å². The number of halogens is 1. The van der Waals surface area contributed by atoms with E-state index in [1.807, 2.05) is 0 Å². The Labute approximate surface area is 90.3 Å². The van der Waals surface area contributed by atoms with Crippen LogP contribution in [0.15, 0.2) is 18.2 Å². The predicted molar refractivity (Wildman–Crippen MR) is 55.1 cm³/mol. The Hall–Kier alpha value is -1.53. The highest BCUT2D eigenvalue weighted by atomic mass is 35.5. The Morgan fingerprint density at radius 3 is 2.80 bits per heavy atom. The number of hydrogen-bond acceptors (Lipinski definition) is 5. The molecule has 15 heavy (non-hydrogen) atoms. The van der Waals surface area contributed by atoms with Gasteiger partial charge in [0, 0.05) is 12.1 Å². The summed E-state index contributed by atoms with van der Waals surface area (Å²) in [7, 11) is 0. The number of hydrogen-bond donors (Lipinski definition) is 3. The van der Waals surface area contributed by atoms with E-state index in [4.69, 9.17) is 16.7 Å². The van der Waals surface area contributed by atoms with Crippen molar-refractivity contribution < 1.29 is 15.1 Å². The average molecular weight is 233 g/mol. The Morgan fingerprint density at radius 2 is 2.27 bits per heavy atom. The SMILES string of the molecule is O=[N+]([O-])c1ccc(O)c(NC(O)CCl)c1. The average Bonchev–Trinajstić information content (AvgIpc) is 2.20. The highest BCUT2D eigenvalue weighted by molar-refractivity contribution is 6.18. The van der Waals surface area contributed by atoms with Crippen LogP contribution in [0.25, 0.3) is 0 Å². The van der Waals surface area contributed by atoms with Gasteiger partial charge in [0.25, 0.3) is 5.69 Å². The number of phenols is 1. The van der Waals surface area contributed by atoms with E-state index < -0.39 is 11.2 Å². The van der Waals surface area contributed by atoms with Gasteiger partial charge in [-0.05, 0) is 6.07 Å². The standard InChI is InChI=1S/C8H9ClN2O4/c9-4-8(13)10-6-3-5(11(14)15)1-2-7(6)12/h1-3,8,10,12-13H,4H2. The first-order valence-electron chi connectivity index (χ1n) is 4.02. The number of nitro benzene ring substituents is 1. The third kappa shape index (κ3) is 2.97. The Balaban J connectivity index is 2.95. The van der Waals surface area contributed by atoms with Gasteiger partial charge in [-0.2, -0.15) is 0 Å². The van der Waals surface area contributed by atoms with Crippen LogP contribution in [0.4, 0.5) is 11.4 Å². The lowest BCUT2D eigenvalue weighted by molar-refractivity contribution is -0.384. The first-order chi connectivity index (χ1) is 7.04. The van der Waals surface area contributed by atoms with Crippen LogP contribution in [0.3, 0.4) is 0 Å². The lowest BCUT2D eigenvalue weighted by atomic mass is 10.2. The molecule has 0 heterocycles. The van der Waals surface area contributed by atoms with Gasteiger partial charge in [-0.15, -0.1) is 11.6 Å². The van der Waals surface area contributed by atoms with Gasteiger partial charge in [-0.25, -0.2) is 0 Å². The number of benzene rings is 1. The molecule has 0 aliphatic rings. The van der Waals surface area contributed by atoms with Crippen molar-refractivity contribution in [2.75, 3.05) is 11.2 Å². The van der Waals surface area contributed by atoms with E-state index in [0.29, 0.717) is 0 Å². The van der Waals surface area contributed by atoms with Gasteiger partial charge in [-0.3, -0.25) is 10.1 Å². The summed E-state index contributed by atoms with van der Waals surface area (Å²) in [4.78, 5) is 9.83. The molecular formula is C8H9ClN2O4. The lowest BCUT2D eigenvalue weighted by Gasteiger charge is -2.11. The number of rotatable bonds is 4. The summed E-state index contributed by atoms with van der Waals surface area (Å²) in [6, 6.07) is 3.44. The predicted octanol–water partition coefficient (Wildman–Crippen LogP) is 1.27. The maximum atomic E-state index is 10.4. The van der Waals surface area contributed by atoms with Crippen molar-refractivity contribution in [3.05, 3.63) is 28.3 Å². The summed E-state index contributed by atoms with van der Waals surface area (Å²) in [5.74, 6) is -0.285. The quantitative estimate of drug-likeness (QED) is 0.239. The van der Waals surface area contributed by atoms with Crippen molar-refractivity contribution in [3.8, 4) is 5.75 Å². The third-order valence-electron chi connectivity index (χ3n) is 1.66. The van der Waals surface area contributed by atoms with Crippen molar-refractivity contribution in [1.82, 2.24) is 0 Å².